The van der Waals surface area contributed by atoms with Gasteiger partial charge in [-0.3, -0.25) is 4.79 Å². The highest BCUT2D eigenvalue weighted by atomic mass is 35.5. The Morgan fingerprint density at radius 1 is 1.42 bits per heavy atom. The van der Waals surface area contributed by atoms with E-state index < -0.39 is 20.9 Å². The second-order valence-electron chi connectivity index (χ2n) is 4.03. The number of sulfone groups is 1. The molecule has 0 N–H and O–H groups in total. The van der Waals surface area contributed by atoms with E-state index in [1.165, 1.54) is 4.90 Å². The summed E-state index contributed by atoms with van der Waals surface area (Å²) in [7, 11) is -3.58. The van der Waals surface area contributed by atoms with Crippen molar-refractivity contribution in [1.29, 1.82) is 0 Å². The van der Waals surface area contributed by atoms with Gasteiger partial charge in [0, 0.05) is 19.3 Å². The lowest BCUT2D eigenvalue weighted by molar-refractivity contribution is 0.0298. The van der Waals surface area contributed by atoms with Crippen LogP contribution in [0.3, 0.4) is 0 Å². The maximum atomic E-state index is 12.2. The van der Waals surface area contributed by atoms with Crippen LogP contribution in [0.15, 0.2) is 11.4 Å². The standard InChI is InChI=1S/C10H12ClN3O4S/c1-19(16,17)10-12-6-7(11)8(13-10)9(15)14-2-4-18-5-3-14/h6H,2-5H2,1H3. The molecule has 1 fully saturated rings. The Morgan fingerprint density at radius 3 is 2.63 bits per heavy atom. The summed E-state index contributed by atoms with van der Waals surface area (Å²) in [5.74, 6) is -0.416. The number of hydrogen-bond acceptors (Lipinski definition) is 6. The van der Waals surface area contributed by atoms with Gasteiger partial charge >= 0.3 is 0 Å². The highest BCUT2D eigenvalue weighted by Crippen LogP contribution is 2.17. The monoisotopic (exact) mass is 305 g/mol. The molecule has 104 valence electrons. The Labute approximate surface area is 115 Å². The van der Waals surface area contributed by atoms with Gasteiger partial charge in [0.1, 0.15) is 0 Å². The summed E-state index contributed by atoms with van der Waals surface area (Å²) in [6.07, 6.45) is 2.10. The van der Waals surface area contributed by atoms with Crippen LogP contribution in [0.5, 0.6) is 0 Å². The van der Waals surface area contributed by atoms with Crippen molar-refractivity contribution in [3.05, 3.63) is 16.9 Å². The number of aromatic nitrogens is 2. The Morgan fingerprint density at radius 2 is 2.05 bits per heavy atom. The predicted octanol–water partition coefficient (Wildman–Crippen LogP) is 0.00590. The number of halogens is 1. The largest absolute Gasteiger partial charge is 0.378 e. The van der Waals surface area contributed by atoms with Crippen molar-refractivity contribution in [1.82, 2.24) is 14.9 Å². The molecule has 1 amide bonds. The van der Waals surface area contributed by atoms with E-state index in [4.69, 9.17) is 16.3 Å². The smallest absolute Gasteiger partial charge is 0.274 e. The van der Waals surface area contributed by atoms with Crippen molar-refractivity contribution in [3.8, 4) is 0 Å². The quantitative estimate of drug-likeness (QED) is 0.715. The third kappa shape index (κ3) is 3.20. The Kier molecular flexibility index (Phi) is 4.02. The lowest BCUT2D eigenvalue weighted by Crippen LogP contribution is -2.41. The van der Waals surface area contributed by atoms with Gasteiger partial charge in [-0.05, 0) is 0 Å². The molecule has 0 aromatic carbocycles. The molecule has 7 nitrogen and oxygen atoms in total. The third-order valence-electron chi connectivity index (χ3n) is 2.55. The van der Waals surface area contributed by atoms with Crippen LogP contribution < -0.4 is 0 Å². The summed E-state index contributed by atoms with van der Waals surface area (Å²) in [4.78, 5) is 21.1. The number of hydrogen-bond donors (Lipinski definition) is 0. The Hall–Kier alpha value is -1.25. The summed E-state index contributed by atoms with van der Waals surface area (Å²) in [5, 5.41) is -0.377. The zero-order valence-electron chi connectivity index (χ0n) is 10.2. The molecule has 2 rings (SSSR count). The summed E-state index contributed by atoms with van der Waals surface area (Å²) in [6, 6.07) is 0. The van der Waals surface area contributed by atoms with Gasteiger partial charge in [-0.1, -0.05) is 11.6 Å². The van der Waals surface area contributed by atoms with Crippen LogP contribution in [0.2, 0.25) is 5.02 Å². The van der Waals surface area contributed by atoms with Crippen molar-refractivity contribution in [2.24, 2.45) is 0 Å². The highest BCUT2D eigenvalue weighted by molar-refractivity contribution is 7.90. The third-order valence-corrected chi connectivity index (χ3v) is 3.69. The van der Waals surface area contributed by atoms with Crippen molar-refractivity contribution >= 4 is 27.3 Å². The molecule has 0 radical (unpaired) electrons. The van der Waals surface area contributed by atoms with Crippen molar-refractivity contribution in [2.45, 2.75) is 5.16 Å². The van der Waals surface area contributed by atoms with Gasteiger partial charge in [0.05, 0.1) is 24.4 Å². The van der Waals surface area contributed by atoms with Gasteiger partial charge in [-0.25, -0.2) is 18.4 Å². The molecule has 0 bridgehead atoms. The molecule has 0 unspecified atom stereocenters. The van der Waals surface area contributed by atoms with Gasteiger partial charge in [0.15, 0.2) is 5.69 Å². The molecule has 1 aliphatic heterocycles. The first-order chi connectivity index (χ1) is 8.89. The van der Waals surface area contributed by atoms with Crippen LogP contribution in [0.1, 0.15) is 10.5 Å². The Bertz CT molecular complexity index is 599. The number of morpholine rings is 1. The average molecular weight is 306 g/mol. The summed E-state index contributed by atoms with van der Waals surface area (Å²) in [5.41, 5.74) is -0.0982. The van der Waals surface area contributed by atoms with Gasteiger partial charge in [0.2, 0.25) is 15.0 Å². The lowest BCUT2D eigenvalue weighted by Gasteiger charge is -2.26. The topological polar surface area (TPSA) is 89.5 Å². The fraction of sp³-hybridized carbons (Fsp3) is 0.500. The predicted molar refractivity (Wildman–Crippen MR) is 66.9 cm³/mol. The van der Waals surface area contributed by atoms with E-state index in [-0.39, 0.29) is 10.7 Å². The number of nitrogens with zero attached hydrogens (tertiary/aromatic N) is 3. The van der Waals surface area contributed by atoms with Crippen molar-refractivity contribution in [2.75, 3.05) is 32.6 Å². The molecular weight excluding hydrogens is 294 g/mol. The van der Waals surface area contributed by atoms with E-state index in [1.54, 1.807) is 0 Å². The van der Waals surface area contributed by atoms with Crippen LogP contribution in [0.25, 0.3) is 0 Å². The van der Waals surface area contributed by atoms with E-state index in [9.17, 15) is 13.2 Å². The molecule has 19 heavy (non-hydrogen) atoms. The van der Waals surface area contributed by atoms with Crippen molar-refractivity contribution < 1.29 is 17.9 Å². The van der Waals surface area contributed by atoms with E-state index >= 15 is 0 Å². The number of ether oxygens (including phenoxy) is 1. The minimum atomic E-state index is -3.58. The minimum absolute atomic E-state index is 0.0314. The molecule has 1 saturated heterocycles. The molecule has 1 aromatic rings. The average Bonchev–Trinajstić information content (AvgIpc) is 2.38. The first-order valence-corrected chi connectivity index (χ1v) is 7.76. The molecule has 9 heteroatoms. The molecule has 1 aromatic heterocycles. The summed E-state index contributed by atoms with van der Waals surface area (Å²) in [6.45, 7) is 1.72. The molecule has 2 heterocycles. The summed E-state index contributed by atoms with van der Waals surface area (Å²) < 4.78 is 27.9. The minimum Gasteiger partial charge on any atom is -0.378 e. The first-order valence-electron chi connectivity index (χ1n) is 5.49. The van der Waals surface area contributed by atoms with Crippen LogP contribution in [-0.2, 0) is 14.6 Å². The molecular formula is C10H12ClN3O4S. The first kappa shape index (κ1) is 14.2. The second-order valence-corrected chi connectivity index (χ2v) is 6.34. The van der Waals surface area contributed by atoms with Gasteiger partial charge in [0.25, 0.3) is 5.91 Å². The molecule has 0 saturated carbocycles. The van der Waals surface area contributed by atoms with E-state index in [0.29, 0.717) is 26.3 Å². The highest BCUT2D eigenvalue weighted by Gasteiger charge is 2.24. The zero-order valence-corrected chi connectivity index (χ0v) is 11.7. The number of rotatable bonds is 2. The van der Waals surface area contributed by atoms with Crippen LogP contribution >= 0.6 is 11.6 Å². The fourth-order valence-corrected chi connectivity index (χ4v) is 2.27. The zero-order chi connectivity index (χ0) is 14.0. The second kappa shape index (κ2) is 5.40. The van der Waals surface area contributed by atoms with E-state index in [0.717, 1.165) is 12.5 Å². The SMILES string of the molecule is CS(=O)(=O)c1ncc(Cl)c(C(=O)N2CCOCC2)n1. The van der Waals surface area contributed by atoms with Crippen molar-refractivity contribution in [3.63, 3.8) is 0 Å². The maximum Gasteiger partial charge on any atom is 0.274 e. The van der Waals surface area contributed by atoms with E-state index in [1.807, 2.05) is 0 Å². The lowest BCUT2D eigenvalue weighted by atomic mass is 10.3. The molecule has 1 aliphatic rings. The van der Waals surface area contributed by atoms with Gasteiger partial charge < -0.3 is 9.64 Å². The number of carbonyl (C=O) groups is 1. The number of amides is 1. The van der Waals surface area contributed by atoms with Gasteiger partial charge in [-0.15, -0.1) is 0 Å². The van der Waals surface area contributed by atoms with Crippen LogP contribution in [-0.4, -0.2) is 61.8 Å². The molecule has 0 aliphatic carbocycles. The van der Waals surface area contributed by atoms with Gasteiger partial charge in [-0.2, -0.15) is 0 Å². The molecule has 0 spiro atoms. The maximum absolute atomic E-state index is 12.2. The fourth-order valence-electron chi connectivity index (χ4n) is 1.60. The number of carbonyl (C=O) groups excluding carboxylic acids is 1. The normalized spacial score (nSPS) is 16.4. The summed E-state index contributed by atoms with van der Waals surface area (Å²) >= 11 is 5.86. The van der Waals surface area contributed by atoms with E-state index in [2.05, 4.69) is 9.97 Å². The van der Waals surface area contributed by atoms with Crippen LogP contribution in [0.4, 0.5) is 0 Å². The Balaban J connectivity index is 2.35. The van der Waals surface area contributed by atoms with Crippen LogP contribution in [0, 0.1) is 0 Å². The molecule has 0 atom stereocenters.